The van der Waals surface area contributed by atoms with E-state index in [1.54, 1.807) is 0 Å². The first-order valence-electron chi connectivity index (χ1n) is 4.08. The van der Waals surface area contributed by atoms with E-state index in [0.717, 1.165) is 5.56 Å². The summed E-state index contributed by atoms with van der Waals surface area (Å²) in [5.41, 5.74) is 1.07. The molecule has 2 heteroatoms. The van der Waals surface area contributed by atoms with E-state index in [-0.39, 0.29) is 37.7 Å². The van der Waals surface area contributed by atoms with E-state index in [1.165, 1.54) is 0 Å². The van der Waals surface area contributed by atoms with Gasteiger partial charge in [-0.05, 0) is 0 Å². The predicted octanol–water partition coefficient (Wildman–Crippen LogP) is 2.71. The fraction of sp³-hybridized carbons (Fsp3) is 0.273. The summed E-state index contributed by atoms with van der Waals surface area (Å²) in [7, 11) is 0. The maximum atomic E-state index is 7.46. The number of hydrogen-bond donors (Lipinski definition) is 1. The molecule has 0 aliphatic carbocycles. The third-order valence-electron chi connectivity index (χ3n) is 0.843. The van der Waals surface area contributed by atoms with Crippen molar-refractivity contribution in [2.45, 2.75) is 13.8 Å². The third kappa shape index (κ3) is 18.8. The molecule has 0 aliphatic heterocycles. The minimum Gasteiger partial charge on any atom is -0.428 e. The molecule has 0 bridgehead atoms. The van der Waals surface area contributed by atoms with Gasteiger partial charge >= 0.3 is 31.1 Å². The standard InChI is InChI=1S/C7H7.C2H5O.C2H6.U/c1-7-5-3-2-4-6-7;1-2-3;1-2;/h2-6H,1H2;3H,1-2H2;1-2H3;/q2*-1;;+2. The van der Waals surface area contributed by atoms with Gasteiger partial charge < -0.3 is 12.0 Å². The van der Waals surface area contributed by atoms with Gasteiger partial charge in [-0.2, -0.15) is 24.6 Å². The second-order valence-corrected chi connectivity index (χ2v) is 1.71. The number of aliphatic hydroxyl groups excluding tert-OH is 1. The minimum absolute atomic E-state index is 0. The molecule has 1 N–H and O–H groups in total. The zero-order valence-electron chi connectivity index (χ0n) is 8.46. The van der Waals surface area contributed by atoms with Crippen molar-refractivity contribution in [1.82, 2.24) is 0 Å². The number of hydrogen-bond acceptors (Lipinski definition) is 1. The fourth-order valence-corrected chi connectivity index (χ4v) is 0.478. The quantitative estimate of drug-likeness (QED) is 0.660. The van der Waals surface area contributed by atoms with Crippen molar-refractivity contribution in [3.05, 3.63) is 49.7 Å². The Morgan fingerprint density at radius 1 is 1.15 bits per heavy atom. The summed E-state index contributed by atoms with van der Waals surface area (Å²) in [6, 6.07) is 9.87. The van der Waals surface area contributed by atoms with E-state index in [0.29, 0.717) is 0 Å². The Balaban J connectivity index is -0.000000146. The molecule has 72 valence electrons. The van der Waals surface area contributed by atoms with E-state index in [9.17, 15) is 0 Å². The SMILES string of the molecule is CC.[CH2-]CO.[CH2-]c1ccccc1.[U+2]. The summed E-state index contributed by atoms with van der Waals surface area (Å²) in [4.78, 5) is 0. The van der Waals surface area contributed by atoms with E-state index in [4.69, 9.17) is 5.11 Å². The third-order valence-corrected chi connectivity index (χ3v) is 0.843. The monoisotopic (exact) mass is 404 g/mol. The molecule has 0 saturated heterocycles. The summed E-state index contributed by atoms with van der Waals surface area (Å²) in [6.07, 6.45) is 0. The van der Waals surface area contributed by atoms with Gasteiger partial charge in [0.25, 0.3) is 0 Å². The largest absolute Gasteiger partial charge is 2.00 e. The Labute approximate surface area is 106 Å². The number of benzene rings is 1. The molecule has 1 nitrogen and oxygen atoms in total. The van der Waals surface area contributed by atoms with Gasteiger partial charge in [0.2, 0.25) is 0 Å². The fourth-order valence-electron chi connectivity index (χ4n) is 0.478. The molecule has 0 radical (unpaired) electrons. The smallest absolute Gasteiger partial charge is 0.428 e. The van der Waals surface area contributed by atoms with Crippen molar-refractivity contribution in [3.8, 4) is 0 Å². The average Bonchev–Trinajstić information content (AvgIpc) is 2.11. The van der Waals surface area contributed by atoms with E-state index < -0.39 is 0 Å². The molecule has 0 atom stereocenters. The molecule has 13 heavy (non-hydrogen) atoms. The van der Waals surface area contributed by atoms with Crippen LogP contribution in [0.2, 0.25) is 0 Å². The molecule has 0 spiro atoms. The van der Waals surface area contributed by atoms with Crippen LogP contribution in [0.3, 0.4) is 0 Å². The van der Waals surface area contributed by atoms with Gasteiger partial charge in [-0.1, -0.05) is 26.5 Å². The van der Waals surface area contributed by atoms with Gasteiger partial charge in [-0.15, -0.1) is 12.1 Å². The maximum absolute atomic E-state index is 7.46. The van der Waals surface area contributed by atoms with Crippen LogP contribution >= 0.6 is 0 Å². The first-order valence-corrected chi connectivity index (χ1v) is 4.08. The van der Waals surface area contributed by atoms with Gasteiger partial charge in [0, 0.05) is 0 Å². The van der Waals surface area contributed by atoms with Crippen LogP contribution in [-0.2, 0) is 0 Å². The summed E-state index contributed by atoms with van der Waals surface area (Å²) in [5.74, 6) is 0. The van der Waals surface area contributed by atoms with Crippen LogP contribution in [0.15, 0.2) is 30.3 Å². The second kappa shape index (κ2) is 18.0. The number of aliphatic hydroxyl groups is 1. The Bertz CT molecular complexity index is 151. The number of rotatable bonds is 0. The predicted molar refractivity (Wildman–Crippen MR) is 54.7 cm³/mol. The van der Waals surface area contributed by atoms with Crippen molar-refractivity contribution in [1.29, 1.82) is 0 Å². The summed E-state index contributed by atoms with van der Waals surface area (Å²) >= 11 is 0. The average molecular weight is 404 g/mol. The molecule has 1 aromatic rings. The van der Waals surface area contributed by atoms with Gasteiger partial charge in [0.1, 0.15) is 0 Å². The van der Waals surface area contributed by atoms with Crippen molar-refractivity contribution in [2.75, 3.05) is 6.61 Å². The molecular weight excluding hydrogens is 386 g/mol. The van der Waals surface area contributed by atoms with Crippen LogP contribution in [0.5, 0.6) is 0 Å². The molecular formula is C11H18OU. The van der Waals surface area contributed by atoms with Gasteiger partial charge in [-0.25, -0.2) is 0 Å². The topological polar surface area (TPSA) is 20.2 Å². The van der Waals surface area contributed by atoms with Crippen LogP contribution in [0.25, 0.3) is 0 Å². The molecule has 0 saturated carbocycles. The molecule has 0 heterocycles. The van der Waals surface area contributed by atoms with E-state index in [1.807, 2.05) is 44.2 Å². The van der Waals surface area contributed by atoms with Crippen LogP contribution in [0, 0.1) is 45.0 Å². The maximum Gasteiger partial charge on any atom is 2.00 e. The van der Waals surface area contributed by atoms with Crippen LogP contribution in [0.4, 0.5) is 0 Å². The van der Waals surface area contributed by atoms with Gasteiger partial charge in [0.15, 0.2) is 0 Å². The molecule has 0 amide bonds. The summed E-state index contributed by atoms with van der Waals surface area (Å²) in [5, 5.41) is 7.46. The van der Waals surface area contributed by atoms with Crippen LogP contribution in [-0.4, -0.2) is 11.7 Å². The zero-order valence-corrected chi connectivity index (χ0v) is 12.6. The van der Waals surface area contributed by atoms with Crippen molar-refractivity contribution < 1.29 is 36.2 Å². The van der Waals surface area contributed by atoms with E-state index in [2.05, 4.69) is 13.8 Å². The molecule has 0 fully saturated rings. The zero-order chi connectivity index (χ0) is 9.82. The van der Waals surface area contributed by atoms with Gasteiger partial charge in [0.05, 0.1) is 0 Å². The second-order valence-electron chi connectivity index (χ2n) is 1.71. The molecule has 0 aliphatic rings. The van der Waals surface area contributed by atoms with Crippen molar-refractivity contribution in [2.24, 2.45) is 0 Å². The first kappa shape index (κ1) is 18.8. The molecule has 0 unspecified atom stereocenters. The van der Waals surface area contributed by atoms with Crippen LogP contribution < -0.4 is 0 Å². The summed E-state index contributed by atoms with van der Waals surface area (Å²) in [6.45, 7) is 10.8. The van der Waals surface area contributed by atoms with Crippen molar-refractivity contribution >= 4 is 0 Å². The molecule has 1 rings (SSSR count). The Morgan fingerprint density at radius 2 is 1.46 bits per heavy atom. The van der Waals surface area contributed by atoms with E-state index >= 15 is 0 Å². The van der Waals surface area contributed by atoms with Crippen LogP contribution in [0.1, 0.15) is 19.4 Å². The minimum atomic E-state index is 0. The van der Waals surface area contributed by atoms with Crippen molar-refractivity contribution in [3.63, 3.8) is 0 Å². The first-order chi connectivity index (χ1) is 5.81. The molecule has 1 aromatic carbocycles. The Hall–Kier alpha value is 0.102. The molecule has 0 aromatic heterocycles. The van der Waals surface area contributed by atoms with Gasteiger partial charge in [-0.3, -0.25) is 0 Å². The summed E-state index contributed by atoms with van der Waals surface area (Å²) < 4.78 is 0. The Morgan fingerprint density at radius 3 is 1.62 bits per heavy atom. The normalized spacial score (nSPS) is 6.46. The Kier molecular flexibility index (Phi) is 26.0.